The zero-order valence-corrected chi connectivity index (χ0v) is 13.7. The molecule has 0 radical (unpaired) electrons. The first-order chi connectivity index (χ1) is 11.3. The van der Waals surface area contributed by atoms with Crippen molar-refractivity contribution in [3.05, 3.63) is 48.5 Å². The molecule has 4 heteroatoms. The summed E-state index contributed by atoms with van der Waals surface area (Å²) in [7, 11) is 0. The Hall–Kier alpha value is -1.65. The highest BCUT2D eigenvalue weighted by Crippen LogP contribution is 2.51. The van der Waals surface area contributed by atoms with Crippen molar-refractivity contribution in [2.24, 2.45) is 5.41 Å². The highest BCUT2D eigenvalue weighted by atomic mass is 16.3. The van der Waals surface area contributed by atoms with Crippen LogP contribution in [0.3, 0.4) is 0 Å². The summed E-state index contributed by atoms with van der Waals surface area (Å²) in [5.74, 6) is 0. The average molecular weight is 311 g/mol. The maximum absolute atomic E-state index is 9.93. The van der Waals surface area contributed by atoms with Gasteiger partial charge >= 0.3 is 0 Å². The molecule has 3 atom stereocenters. The number of aliphatic hydroxyl groups excluding tert-OH is 1. The first-order valence-electron chi connectivity index (χ1n) is 8.69. The number of aromatic nitrogens is 2. The van der Waals surface area contributed by atoms with E-state index in [-0.39, 0.29) is 5.41 Å². The Labute approximate surface area is 137 Å². The molecule has 1 aromatic heterocycles. The van der Waals surface area contributed by atoms with Gasteiger partial charge in [0.1, 0.15) is 0 Å². The van der Waals surface area contributed by atoms with Gasteiger partial charge in [0, 0.05) is 42.1 Å². The molecular formula is C19H25N3O. The minimum absolute atomic E-state index is 0.139. The van der Waals surface area contributed by atoms with E-state index in [2.05, 4.69) is 41.1 Å². The molecule has 0 spiro atoms. The van der Waals surface area contributed by atoms with Crippen molar-refractivity contribution in [1.29, 1.82) is 0 Å². The first kappa shape index (κ1) is 14.9. The third kappa shape index (κ3) is 2.41. The van der Waals surface area contributed by atoms with E-state index in [1.54, 1.807) is 6.20 Å². The quantitative estimate of drug-likeness (QED) is 0.923. The van der Waals surface area contributed by atoms with Gasteiger partial charge in [-0.05, 0) is 43.4 Å². The summed E-state index contributed by atoms with van der Waals surface area (Å²) in [5.41, 5.74) is 2.64. The van der Waals surface area contributed by atoms with Crippen LogP contribution in [0.25, 0.3) is 5.69 Å². The molecule has 4 rings (SSSR count). The summed E-state index contributed by atoms with van der Waals surface area (Å²) in [6.07, 6.45) is 10.4. The second kappa shape index (κ2) is 5.77. The van der Waals surface area contributed by atoms with Crippen molar-refractivity contribution in [2.75, 3.05) is 6.61 Å². The Kier molecular flexibility index (Phi) is 3.74. The lowest BCUT2D eigenvalue weighted by atomic mass is 9.72. The molecule has 1 aromatic carbocycles. The van der Waals surface area contributed by atoms with Crippen LogP contribution in [0.2, 0.25) is 0 Å². The highest BCUT2D eigenvalue weighted by Gasteiger charge is 2.54. The molecule has 1 N–H and O–H groups in total. The summed E-state index contributed by atoms with van der Waals surface area (Å²) >= 11 is 0. The lowest BCUT2D eigenvalue weighted by Crippen LogP contribution is -2.39. The van der Waals surface area contributed by atoms with Gasteiger partial charge in [0.2, 0.25) is 0 Å². The predicted octanol–water partition coefficient (Wildman–Crippen LogP) is 3.00. The molecule has 2 aromatic rings. The van der Waals surface area contributed by atoms with Crippen molar-refractivity contribution in [3.8, 4) is 5.69 Å². The highest BCUT2D eigenvalue weighted by molar-refractivity contribution is 5.34. The van der Waals surface area contributed by atoms with E-state index in [1.165, 1.54) is 18.4 Å². The fourth-order valence-corrected chi connectivity index (χ4v) is 4.72. The van der Waals surface area contributed by atoms with Crippen molar-refractivity contribution in [3.63, 3.8) is 0 Å². The fraction of sp³-hybridized carbons (Fsp3) is 0.526. The van der Waals surface area contributed by atoms with Crippen LogP contribution < -0.4 is 0 Å². The molecule has 2 aliphatic rings. The van der Waals surface area contributed by atoms with Crippen LogP contribution in [-0.4, -0.2) is 38.2 Å². The van der Waals surface area contributed by atoms with Gasteiger partial charge in [-0.1, -0.05) is 19.1 Å². The third-order valence-electron chi connectivity index (χ3n) is 6.11. The predicted molar refractivity (Wildman–Crippen MR) is 90.3 cm³/mol. The van der Waals surface area contributed by atoms with Crippen molar-refractivity contribution < 1.29 is 5.11 Å². The molecule has 2 aliphatic heterocycles. The van der Waals surface area contributed by atoms with Gasteiger partial charge in [0.15, 0.2) is 0 Å². The van der Waals surface area contributed by atoms with E-state index in [0.29, 0.717) is 18.7 Å². The van der Waals surface area contributed by atoms with Crippen LogP contribution in [0.5, 0.6) is 0 Å². The second-order valence-electron chi connectivity index (χ2n) is 7.13. The van der Waals surface area contributed by atoms with Crippen LogP contribution in [0.4, 0.5) is 0 Å². The molecule has 0 amide bonds. The largest absolute Gasteiger partial charge is 0.396 e. The number of rotatable bonds is 5. The number of fused-ring (bicyclic) bond motifs is 2. The summed E-state index contributed by atoms with van der Waals surface area (Å²) in [5, 5.41) is 9.93. The molecule has 23 heavy (non-hydrogen) atoms. The number of nitrogens with zero attached hydrogens (tertiary/aromatic N) is 3. The lowest BCUT2D eigenvalue weighted by Gasteiger charge is -2.35. The van der Waals surface area contributed by atoms with Crippen LogP contribution >= 0.6 is 0 Å². The van der Waals surface area contributed by atoms with Gasteiger partial charge in [-0.3, -0.25) is 4.90 Å². The van der Waals surface area contributed by atoms with Gasteiger partial charge in [-0.25, -0.2) is 4.98 Å². The standard InChI is InChI=1S/C19H25N3O/c1-2-19(13-23)11-17-7-8-18(19)22(17)12-15-3-5-16(6-4-15)21-10-9-20-14-21/h3-6,9-10,14,17-18,23H,2,7-8,11-13H2,1H3/t17-,18+,19-/m0/s1. The molecule has 122 valence electrons. The Morgan fingerprint density at radius 3 is 2.70 bits per heavy atom. The van der Waals surface area contributed by atoms with E-state index >= 15 is 0 Å². The summed E-state index contributed by atoms with van der Waals surface area (Å²) in [4.78, 5) is 6.74. The second-order valence-corrected chi connectivity index (χ2v) is 7.13. The minimum Gasteiger partial charge on any atom is -0.396 e. The van der Waals surface area contributed by atoms with E-state index < -0.39 is 0 Å². The molecular weight excluding hydrogens is 286 g/mol. The molecule has 4 nitrogen and oxygen atoms in total. The Bertz CT molecular complexity index is 646. The van der Waals surface area contributed by atoms with E-state index in [0.717, 1.165) is 25.1 Å². The molecule has 2 fully saturated rings. The Balaban J connectivity index is 1.51. The molecule has 0 saturated carbocycles. The lowest BCUT2D eigenvalue weighted by molar-refractivity contribution is 0.0714. The number of hydrogen-bond donors (Lipinski definition) is 1. The third-order valence-corrected chi connectivity index (χ3v) is 6.11. The van der Waals surface area contributed by atoms with Crippen LogP contribution in [-0.2, 0) is 6.54 Å². The van der Waals surface area contributed by atoms with Crippen molar-refractivity contribution >= 4 is 0 Å². The van der Waals surface area contributed by atoms with Crippen molar-refractivity contribution in [2.45, 2.75) is 51.2 Å². The summed E-state index contributed by atoms with van der Waals surface area (Å²) in [6.45, 7) is 3.57. The summed E-state index contributed by atoms with van der Waals surface area (Å²) < 4.78 is 2.02. The van der Waals surface area contributed by atoms with Gasteiger partial charge in [-0.2, -0.15) is 0 Å². The molecule has 0 aliphatic carbocycles. The smallest absolute Gasteiger partial charge is 0.0991 e. The number of aliphatic hydroxyl groups is 1. The molecule has 2 saturated heterocycles. The molecule has 3 heterocycles. The first-order valence-corrected chi connectivity index (χ1v) is 8.69. The van der Waals surface area contributed by atoms with Gasteiger partial charge < -0.3 is 9.67 Å². The van der Waals surface area contributed by atoms with Crippen LogP contribution in [0.15, 0.2) is 43.0 Å². The zero-order valence-electron chi connectivity index (χ0n) is 13.7. The maximum atomic E-state index is 9.93. The summed E-state index contributed by atoms with van der Waals surface area (Å²) in [6, 6.07) is 9.97. The van der Waals surface area contributed by atoms with Crippen LogP contribution in [0.1, 0.15) is 38.2 Å². The SMILES string of the molecule is CC[C@@]1(CO)C[C@@H]2CC[C@H]1N2Cc1ccc(-n2ccnc2)cc1. The van der Waals surface area contributed by atoms with Gasteiger partial charge in [0.05, 0.1) is 12.9 Å². The van der Waals surface area contributed by atoms with E-state index in [4.69, 9.17) is 0 Å². The van der Waals surface area contributed by atoms with Crippen molar-refractivity contribution in [1.82, 2.24) is 14.5 Å². The number of hydrogen-bond acceptors (Lipinski definition) is 3. The monoisotopic (exact) mass is 311 g/mol. The molecule has 0 unspecified atom stereocenters. The average Bonchev–Trinajstić information content (AvgIpc) is 3.32. The zero-order chi connectivity index (χ0) is 15.9. The molecule has 2 bridgehead atoms. The normalized spacial score (nSPS) is 30.2. The topological polar surface area (TPSA) is 41.3 Å². The number of imidazole rings is 1. The van der Waals surface area contributed by atoms with Gasteiger partial charge in [0.25, 0.3) is 0 Å². The Morgan fingerprint density at radius 1 is 1.26 bits per heavy atom. The minimum atomic E-state index is 0.139. The fourth-order valence-electron chi connectivity index (χ4n) is 4.72. The number of benzene rings is 1. The van der Waals surface area contributed by atoms with E-state index in [9.17, 15) is 5.11 Å². The van der Waals surface area contributed by atoms with Crippen LogP contribution in [0, 0.1) is 5.41 Å². The van der Waals surface area contributed by atoms with E-state index in [1.807, 2.05) is 17.1 Å². The van der Waals surface area contributed by atoms with Gasteiger partial charge in [-0.15, -0.1) is 0 Å². The maximum Gasteiger partial charge on any atom is 0.0991 e. The Morgan fingerprint density at radius 2 is 2.09 bits per heavy atom.